The highest BCUT2D eigenvalue weighted by molar-refractivity contribution is 6.08. The van der Waals surface area contributed by atoms with E-state index < -0.39 is 0 Å². The smallest absolute Gasteiger partial charge is 0.213 e. The first-order valence-electron chi connectivity index (χ1n) is 6.37. The summed E-state index contributed by atoms with van der Waals surface area (Å²) in [6, 6.07) is 4.11. The van der Waals surface area contributed by atoms with Crippen LogP contribution < -0.4 is 4.74 Å². The van der Waals surface area contributed by atoms with Crippen LogP contribution in [0.5, 0.6) is 5.88 Å². The van der Waals surface area contributed by atoms with E-state index in [-0.39, 0.29) is 0 Å². The molecule has 19 heavy (non-hydrogen) atoms. The Kier molecular flexibility index (Phi) is 2.52. The number of furan rings is 1. The number of ether oxygens (including phenoxy) is 1. The van der Waals surface area contributed by atoms with Crippen LogP contribution in [0.25, 0.3) is 21.9 Å². The van der Waals surface area contributed by atoms with Crippen LogP contribution >= 0.6 is 0 Å². The highest BCUT2D eigenvalue weighted by Gasteiger charge is 2.16. The van der Waals surface area contributed by atoms with Crippen LogP contribution in [0.15, 0.2) is 16.5 Å². The van der Waals surface area contributed by atoms with E-state index in [1.54, 1.807) is 7.11 Å². The van der Waals surface area contributed by atoms with Crippen LogP contribution in [0.3, 0.4) is 0 Å². The van der Waals surface area contributed by atoms with Gasteiger partial charge in [-0.1, -0.05) is 0 Å². The first kappa shape index (κ1) is 12.0. The summed E-state index contributed by atoms with van der Waals surface area (Å²) in [5.41, 5.74) is 5.37. The van der Waals surface area contributed by atoms with Crippen molar-refractivity contribution >= 4 is 21.9 Å². The number of aryl methyl sites for hydroxylation is 4. The molecule has 0 radical (unpaired) electrons. The number of pyridine rings is 1. The van der Waals surface area contributed by atoms with Crippen molar-refractivity contribution in [3.05, 3.63) is 34.6 Å². The first-order valence-corrected chi connectivity index (χ1v) is 6.37. The Balaban J connectivity index is 2.60. The molecule has 3 rings (SSSR count). The van der Waals surface area contributed by atoms with Crippen molar-refractivity contribution in [1.29, 1.82) is 0 Å². The number of fused-ring (bicyclic) bond motifs is 3. The third-order valence-electron chi connectivity index (χ3n) is 3.79. The monoisotopic (exact) mass is 255 g/mol. The number of benzene rings is 1. The predicted molar refractivity (Wildman–Crippen MR) is 77.0 cm³/mol. The topological polar surface area (TPSA) is 35.3 Å². The SMILES string of the molecule is COc1cc(C)c2cc(C)c3oc(C)c(C)c3c2n1. The minimum Gasteiger partial charge on any atom is -0.481 e. The molecule has 0 aliphatic heterocycles. The Labute approximate surface area is 112 Å². The maximum atomic E-state index is 5.87. The normalized spacial score (nSPS) is 11.4. The van der Waals surface area contributed by atoms with Crippen molar-refractivity contribution in [2.75, 3.05) is 7.11 Å². The molecule has 1 aromatic carbocycles. The van der Waals surface area contributed by atoms with Gasteiger partial charge >= 0.3 is 0 Å². The Hall–Kier alpha value is -2.03. The summed E-state index contributed by atoms with van der Waals surface area (Å²) < 4.78 is 11.2. The predicted octanol–water partition coefficient (Wildman–Crippen LogP) is 4.22. The zero-order valence-electron chi connectivity index (χ0n) is 11.9. The minimum absolute atomic E-state index is 0.647. The van der Waals surface area contributed by atoms with Gasteiger partial charge in [0.15, 0.2) is 0 Å². The number of methoxy groups -OCH3 is 1. The molecule has 0 unspecified atom stereocenters. The Morgan fingerprint density at radius 1 is 1.05 bits per heavy atom. The molecule has 0 N–H and O–H groups in total. The summed E-state index contributed by atoms with van der Waals surface area (Å²) >= 11 is 0. The number of aromatic nitrogens is 1. The summed E-state index contributed by atoms with van der Waals surface area (Å²) in [4.78, 5) is 4.62. The van der Waals surface area contributed by atoms with Crippen molar-refractivity contribution in [1.82, 2.24) is 4.98 Å². The molecule has 0 fully saturated rings. The lowest BCUT2D eigenvalue weighted by Gasteiger charge is -2.08. The van der Waals surface area contributed by atoms with E-state index in [9.17, 15) is 0 Å². The van der Waals surface area contributed by atoms with Gasteiger partial charge in [-0.25, -0.2) is 4.98 Å². The Morgan fingerprint density at radius 2 is 1.79 bits per heavy atom. The molecule has 3 aromatic rings. The maximum absolute atomic E-state index is 5.87. The zero-order chi connectivity index (χ0) is 13.7. The van der Waals surface area contributed by atoms with Gasteiger partial charge in [-0.3, -0.25) is 0 Å². The van der Waals surface area contributed by atoms with Crippen molar-refractivity contribution < 1.29 is 9.15 Å². The van der Waals surface area contributed by atoms with Gasteiger partial charge < -0.3 is 9.15 Å². The van der Waals surface area contributed by atoms with Crippen LogP contribution in [0.4, 0.5) is 0 Å². The van der Waals surface area contributed by atoms with E-state index in [0.717, 1.165) is 38.8 Å². The molecule has 0 saturated carbocycles. The van der Waals surface area contributed by atoms with E-state index in [1.165, 1.54) is 5.56 Å². The Morgan fingerprint density at radius 3 is 2.47 bits per heavy atom. The van der Waals surface area contributed by atoms with Crippen molar-refractivity contribution in [3.8, 4) is 5.88 Å². The molecule has 0 bridgehead atoms. The van der Waals surface area contributed by atoms with Gasteiger partial charge in [-0.2, -0.15) is 0 Å². The second-order valence-electron chi connectivity index (χ2n) is 5.06. The lowest BCUT2D eigenvalue weighted by molar-refractivity contribution is 0.399. The molecule has 3 nitrogen and oxygen atoms in total. The third kappa shape index (κ3) is 1.61. The molecule has 0 spiro atoms. The standard InChI is InChI=1S/C16H17NO2/c1-8-7-13(18-5)17-15-12(8)6-9(2)16-14(15)10(3)11(4)19-16/h6-7H,1-5H3. The fourth-order valence-electron chi connectivity index (χ4n) is 2.60. The highest BCUT2D eigenvalue weighted by Crippen LogP contribution is 2.35. The number of hydrogen-bond donors (Lipinski definition) is 0. The fraction of sp³-hybridized carbons (Fsp3) is 0.312. The second kappa shape index (κ2) is 3.98. The minimum atomic E-state index is 0.647. The van der Waals surface area contributed by atoms with Crippen molar-refractivity contribution in [2.24, 2.45) is 0 Å². The maximum Gasteiger partial charge on any atom is 0.213 e. The molecular weight excluding hydrogens is 238 g/mol. The van der Waals surface area contributed by atoms with E-state index in [1.807, 2.05) is 13.0 Å². The summed E-state index contributed by atoms with van der Waals surface area (Å²) in [5, 5.41) is 2.27. The van der Waals surface area contributed by atoms with Crippen LogP contribution in [0.2, 0.25) is 0 Å². The van der Waals surface area contributed by atoms with E-state index in [2.05, 4.69) is 31.8 Å². The first-order chi connectivity index (χ1) is 9.02. The fourth-order valence-corrected chi connectivity index (χ4v) is 2.60. The molecule has 0 atom stereocenters. The van der Waals surface area contributed by atoms with E-state index >= 15 is 0 Å². The lowest BCUT2D eigenvalue weighted by atomic mass is 10.0. The summed E-state index contributed by atoms with van der Waals surface area (Å²) in [6.07, 6.45) is 0. The van der Waals surface area contributed by atoms with Crippen LogP contribution in [-0.2, 0) is 0 Å². The number of nitrogens with zero attached hydrogens (tertiary/aromatic N) is 1. The molecule has 0 amide bonds. The van der Waals surface area contributed by atoms with Gasteiger partial charge in [0.05, 0.1) is 18.0 Å². The van der Waals surface area contributed by atoms with Gasteiger partial charge in [0.2, 0.25) is 5.88 Å². The van der Waals surface area contributed by atoms with Gasteiger partial charge in [0.1, 0.15) is 11.3 Å². The van der Waals surface area contributed by atoms with E-state index in [0.29, 0.717) is 5.88 Å². The molecule has 0 saturated heterocycles. The van der Waals surface area contributed by atoms with Crippen LogP contribution in [-0.4, -0.2) is 12.1 Å². The molecule has 0 aliphatic carbocycles. The molecular formula is C16H17NO2. The molecule has 3 heteroatoms. The van der Waals surface area contributed by atoms with Crippen LogP contribution in [0.1, 0.15) is 22.5 Å². The Bertz CT molecular complexity index is 800. The van der Waals surface area contributed by atoms with Crippen molar-refractivity contribution in [3.63, 3.8) is 0 Å². The molecule has 98 valence electrons. The summed E-state index contributed by atoms with van der Waals surface area (Å²) in [7, 11) is 1.65. The molecule has 2 heterocycles. The van der Waals surface area contributed by atoms with E-state index in [4.69, 9.17) is 9.15 Å². The number of rotatable bonds is 1. The largest absolute Gasteiger partial charge is 0.481 e. The average molecular weight is 255 g/mol. The molecule has 0 aliphatic rings. The third-order valence-corrected chi connectivity index (χ3v) is 3.79. The van der Waals surface area contributed by atoms with Gasteiger partial charge in [-0.05, 0) is 44.9 Å². The molecule has 2 aromatic heterocycles. The van der Waals surface area contributed by atoms with Crippen molar-refractivity contribution in [2.45, 2.75) is 27.7 Å². The average Bonchev–Trinajstić information content (AvgIpc) is 2.68. The van der Waals surface area contributed by atoms with Crippen LogP contribution in [0, 0.1) is 27.7 Å². The second-order valence-corrected chi connectivity index (χ2v) is 5.06. The van der Waals surface area contributed by atoms with Gasteiger partial charge in [0.25, 0.3) is 0 Å². The summed E-state index contributed by atoms with van der Waals surface area (Å²) in [5.74, 6) is 1.60. The van der Waals surface area contributed by atoms with Gasteiger partial charge in [0, 0.05) is 17.0 Å². The summed E-state index contributed by atoms with van der Waals surface area (Å²) in [6.45, 7) is 8.23. The zero-order valence-corrected chi connectivity index (χ0v) is 11.9. The highest BCUT2D eigenvalue weighted by atomic mass is 16.5. The lowest BCUT2D eigenvalue weighted by Crippen LogP contribution is -1.92. The quantitative estimate of drug-likeness (QED) is 0.653. The van der Waals surface area contributed by atoms with Gasteiger partial charge in [-0.15, -0.1) is 0 Å². The number of hydrogen-bond acceptors (Lipinski definition) is 3.